The van der Waals surface area contributed by atoms with E-state index in [2.05, 4.69) is 20.8 Å². The molecule has 3 nitrogen and oxygen atoms in total. The van der Waals surface area contributed by atoms with Crippen LogP contribution in [0.4, 0.5) is 0 Å². The standard InChI is InChI=1S/C10H24O3Si/c1-7-10(4,5)13-14(6,11-8-2)12-9-3/h7-9H2,1-6H3. The molecule has 0 atom stereocenters. The van der Waals surface area contributed by atoms with E-state index in [1.165, 1.54) is 0 Å². The lowest BCUT2D eigenvalue weighted by molar-refractivity contribution is -0.00726. The van der Waals surface area contributed by atoms with Crippen molar-refractivity contribution in [3.63, 3.8) is 0 Å². The fraction of sp³-hybridized carbons (Fsp3) is 1.00. The lowest BCUT2D eigenvalue weighted by atomic mass is 10.1. The van der Waals surface area contributed by atoms with Crippen LogP contribution in [0.15, 0.2) is 0 Å². The normalized spacial score (nSPS) is 13.3. The molecule has 0 rings (SSSR count). The maximum absolute atomic E-state index is 5.95. The van der Waals surface area contributed by atoms with Crippen LogP contribution in [0, 0.1) is 0 Å². The van der Waals surface area contributed by atoms with Crippen LogP contribution in [0.2, 0.25) is 6.55 Å². The fourth-order valence-electron chi connectivity index (χ4n) is 1.20. The van der Waals surface area contributed by atoms with Gasteiger partial charge in [-0.1, -0.05) is 6.92 Å². The van der Waals surface area contributed by atoms with Gasteiger partial charge < -0.3 is 13.3 Å². The Morgan fingerprint density at radius 2 is 1.43 bits per heavy atom. The topological polar surface area (TPSA) is 27.7 Å². The molecule has 0 aromatic rings. The molecular weight excluding hydrogens is 196 g/mol. The first-order valence-corrected chi connectivity index (χ1v) is 7.59. The third-order valence-corrected chi connectivity index (χ3v) is 4.68. The predicted octanol–water partition coefficient (Wildman–Crippen LogP) is 2.83. The maximum atomic E-state index is 5.95. The molecule has 0 N–H and O–H groups in total. The van der Waals surface area contributed by atoms with Gasteiger partial charge in [0.05, 0.1) is 5.60 Å². The molecule has 0 aromatic heterocycles. The van der Waals surface area contributed by atoms with Gasteiger partial charge in [0.15, 0.2) is 0 Å². The third kappa shape index (κ3) is 5.10. The Morgan fingerprint density at radius 1 is 1.00 bits per heavy atom. The average Bonchev–Trinajstić information content (AvgIpc) is 2.03. The number of hydrogen-bond donors (Lipinski definition) is 0. The SMILES string of the molecule is CCO[Si](C)(OCC)OC(C)(C)CC. The summed E-state index contributed by atoms with van der Waals surface area (Å²) in [6, 6.07) is 0. The van der Waals surface area contributed by atoms with Crippen LogP contribution in [0.1, 0.15) is 41.0 Å². The molecule has 0 saturated carbocycles. The van der Waals surface area contributed by atoms with Crippen LogP contribution in [0.25, 0.3) is 0 Å². The molecule has 4 heteroatoms. The zero-order chi connectivity index (χ0) is 11.2. The van der Waals surface area contributed by atoms with Gasteiger partial charge in [0, 0.05) is 19.8 Å². The van der Waals surface area contributed by atoms with Gasteiger partial charge in [0.25, 0.3) is 0 Å². The van der Waals surface area contributed by atoms with Crippen molar-refractivity contribution in [2.75, 3.05) is 13.2 Å². The first-order chi connectivity index (χ1) is 6.39. The van der Waals surface area contributed by atoms with Crippen LogP contribution in [0.5, 0.6) is 0 Å². The van der Waals surface area contributed by atoms with Crippen LogP contribution >= 0.6 is 0 Å². The van der Waals surface area contributed by atoms with Crippen molar-refractivity contribution in [2.45, 2.75) is 53.2 Å². The maximum Gasteiger partial charge on any atom is 0.498 e. The molecule has 0 aliphatic carbocycles. The van der Waals surface area contributed by atoms with Gasteiger partial charge in [0.1, 0.15) is 0 Å². The highest BCUT2D eigenvalue weighted by atomic mass is 28.4. The average molecular weight is 220 g/mol. The van der Waals surface area contributed by atoms with E-state index in [-0.39, 0.29) is 5.60 Å². The van der Waals surface area contributed by atoms with Gasteiger partial charge >= 0.3 is 8.80 Å². The summed E-state index contributed by atoms with van der Waals surface area (Å²) < 4.78 is 17.2. The molecule has 0 bridgehead atoms. The van der Waals surface area contributed by atoms with Gasteiger partial charge in [-0.15, -0.1) is 0 Å². The van der Waals surface area contributed by atoms with Crippen molar-refractivity contribution < 1.29 is 13.3 Å². The summed E-state index contributed by atoms with van der Waals surface area (Å²) in [5, 5.41) is 0. The quantitative estimate of drug-likeness (QED) is 0.617. The van der Waals surface area contributed by atoms with Crippen molar-refractivity contribution in [2.24, 2.45) is 0 Å². The summed E-state index contributed by atoms with van der Waals surface area (Å²) in [5.41, 5.74) is -0.161. The molecule has 0 aliphatic heterocycles. The Morgan fingerprint density at radius 3 is 1.71 bits per heavy atom. The second-order valence-corrected chi connectivity index (χ2v) is 6.45. The summed E-state index contributed by atoms with van der Waals surface area (Å²) in [4.78, 5) is 0. The Labute approximate surface area is 89.1 Å². The molecule has 0 saturated heterocycles. The predicted molar refractivity (Wildman–Crippen MR) is 60.3 cm³/mol. The number of hydrogen-bond acceptors (Lipinski definition) is 3. The van der Waals surface area contributed by atoms with E-state index in [1.54, 1.807) is 0 Å². The highest BCUT2D eigenvalue weighted by Crippen LogP contribution is 2.22. The largest absolute Gasteiger partial charge is 0.498 e. The van der Waals surface area contributed by atoms with Crippen LogP contribution < -0.4 is 0 Å². The lowest BCUT2D eigenvalue weighted by Gasteiger charge is -2.34. The van der Waals surface area contributed by atoms with E-state index in [1.807, 2.05) is 20.4 Å². The van der Waals surface area contributed by atoms with Gasteiger partial charge in [-0.2, -0.15) is 0 Å². The minimum atomic E-state index is -2.41. The van der Waals surface area contributed by atoms with E-state index in [0.29, 0.717) is 13.2 Å². The van der Waals surface area contributed by atoms with Gasteiger partial charge in [-0.25, -0.2) is 0 Å². The second kappa shape index (κ2) is 5.85. The summed E-state index contributed by atoms with van der Waals surface area (Å²) in [6.45, 7) is 13.4. The zero-order valence-electron chi connectivity index (χ0n) is 10.3. The second-order valence-electron chi connectivity index (χ2n) is 3.94. The van der Waals surface area contributed by atoms with Crippen molar-refractivity contribution in [3.05, 3.63) is 0 Å². The fourth-order valence-corrected chi connectivity index (χ4v) is 3.60. The molecule has 0 radical (unpaired) electrons. The zero-order valence-corrected chi connectivity index (χ0v) is 11.3. The third-order valence-electron chi connectivity index (χ3n) is 2.13. The lowest BCUT2D eigenvalue weighted by Crippen LogP contribution is -2.48. The van der Waals surface area contributed by atoms with E-state index in [0.717, 1.165) is 6.42 Å². The van der Waals surface area contributed by atoms with Gasteiger partial charge in [-0.05, 0) is 34.1 Å². The Hall–Kier alpha value is 0.0969. The van der Waals surface area contributed by atoms with Gasteiger partial charge in [0.2, 0.25) is 0 Å². The van der Waals surface area contributed by atoms with E-state index >= 15 is 0 Å². The van der Waals surface area contributed by atoms with Gasteiger partial charge in [-0.3, -0.25) is 0 Å². The Balaban J connectivity index is 4.34. The molecule has 14 heavy (non-hydrogen) atoms. The summed E-state index contributed by atoms with van der Waals surface area (Å²) in [7, 11) is -2.41. The molecule has 0 spiro atoms. The molecule has 0 unspecified atom stereocenters. The summed E-state index contributed by atoms with van der Waals surface area (Å²) in [6.07, 6.45) is 0.954. The molecular formula is C10H24O3Si. The Bertz CT molecular complexity index is 153. The highest BCUT2D eigenvalue weighted by molar-refractivity contribution is 6.59. The Kier molecular flexibility index (Phi) is 5.89. The van der Waals surface area contributed by atoms with Crippen LogP contribution in [-0.2, 0) is 13.3 Å². The minimum Gasteiger partial charge on any atom is -0.374 e. The first kappa shape index (κ1) is 14.1. The van der Waals surface area contributed by atoms with E-state index < -0.39 is 8.80 Å². The molecule has 86 valence electrons. The smallest absolute Gasteiger partial charge is 0.374 e. The minimum absolute atomic E-state index is 0.161. The molecule has 0 aromatic carbocycles. The first-order valence-electron chi connectivity index (χ1n) is 5.37. The molecule has 0 amide bonds. The molecule has 0 aliphatic rings. The monoisotopic (exact) mass is 220 g/mol. The van der Waals surface area contributed by atoms with Crippen molar-refractivity contribution >= 4 is 8.80 Å². The van der Waals surface area contributed by atoms with E-state index in [9.17, 15) is 0 Å². The van der Waals surface area contributed by atoms with Crippen LogP contribution in [-0.4, -0.2) is 27.6 Å². The van der Waals surface area contributed by atoms with E-state index in [4.69, 9.17) is 13.3 Å². The van der Waals surface area contributed by atoms with Crippen molar-refractivity contribution in [3.8, 4) is 0 Å². The highest BCUT2D eigenvalue weighted by Gasteiger charge is 2.39. The van der Waals surface area contributed by atoms with Crippen LogP contribution in [0.3, 0.4) is 0 Å². The molecule has 0 heterocycles. The summed E-state index contributed by atoms with van der Waals surface area (Å²) in [5.74, 6) is 0. The molecule has 0 fully saturated rings. The summed E-state index contributed by atoms with van der Waals surface area (Å²) >= 11 is 0. The number of rotatable bonds is 7. The van der Waals surface area contributed by atoms with Crippen molar-refractivity contribution in [1.82, 2.24) is 0 Å². The van der Waals surface area contributed by atoms with Crippen molar-refractivity contribution in [1.29, 1.82) is 0 Å².